The lowest BCUT2D eigenvalue weighted by atomic mass is 10.1. The fourth-order valence-electron chi connectivity index (χ4n) is 1.88. The first kappa shape index (κ1) is 16.2. The summed E-state index contributed by atoms with van der Waals surface area (Å²) in [4.78, 5) is 0. The Hall–Kier alpha value is -0.900. The summed E-state index contributed by atoms with van der Waals surface area (Å²) in [5.74, 6) is 0. The van der Waals surface area contributed by atoms with E-state index < -0.39 is 6.10 Å². The van der Waals surface area contributed by atoms with Gasteiger partial charge in [0, 0.05) is 6.61 Å². The van der Waals surface area contributed by atoms with Gasteiger partial charge in [0.15, 0.2) is 0 Å². The van der Waals surface area contributed by atoms with Gasteiger partial charge < -0.3 is 14.6 Å². The molecule has 108 valence electrons. The van der Waals surface area contributed by atoms with E-state index >= 15 is 0 Å². The van der Waals surface area contributed by atoms with Gasteiger partial charge in [-0.2, -0.15) is 0 Å². The Kier molecular flexibility index (Phi) is 7.72. The summed E-state index contributed by atoms with van der Waals surface area (Å²) < 4.78 is 11.6. The fourth-order valence-corrected chi connectivity index (χ4v) is 1.88. The van der Waals surface area contributed by atoms with Crippen molar-refractivity contribution < 1.29 is 14.6 Å². The minimum Gasteiger partial charge on any atom is -0.391 e. The quantitative estimate of drug-likeness (QED) is 0.697. The molecule has 0 aliphatic rings. The summed E-state index contributed by atoms with van der Waals surface area (Å²) in [6, 6.07) is 10.1. The highest BCUT2D eigenvalue weighted by molar-refractivity contribution is 5.18. The molecule has 1 aromatic carbocycles. The molecule has 0 heterocycles. The molecule has 0 saturated heterocycles. The number of rotatable bonds is 9. The molecule has 1 aromatic rings. The molecule has 1 N–H and O–H groups in total. The monoisotopic (exact) mass is 266 g/mol. The maximum absolute atomic E-state index is 9.30. The van der Waals surface area contributed by atoms with Crippen molar-refractivity contribution in [2.45, 2.75) is 51.9 Å². The van der Waals surface area contributed by atoms with Crippen molar-refractivity contribution >= 4 is 0 Å². The average Bonchev–Trinajstić information content (AvgIpc) is 2.42. The van der Waals surface area contributed by atoms with Gasteiger partial charge in [-0.3, -0.25) is 0 Å². The van der Waals surface area contributed by atoms with Crippen LogP contribution < -0.4 is 0 Å². The Morgan fingerprint density at radius 1 is 1.11 bits per heavy atom. The molecule has 0 fully saturated rings. The molecule has 3 atom stereocenters. The van der Waals surface area contributed by atoms with Crippen LogP contribution in [0.3, 0.4) is 0 Å². The molecule has 1 rings (SSSR count). The molecule has 3 unspecified atom stereocenters. The van der Waals surface area contributed by atoms with Crippen molar-refractivity contribution in [3.63, 3.8) is 0 Å². The van der Waals surface area contributed by atoms with Crippen LogP contribution in [0.1, 0.15) is 45.3 Å². The highest BCUT2D eigenvalue weighted by atomic mass is 16.5. The van der Waals surface area contributed by atoms with Gasteiger partial charge in [0.1, 0.15) is 6.10 Å². The van der Waals surface area contributed by atoms with E-state index in [-0.39, 0.29) is 12.2 Å². The molecule has 0 spiro atoms. The minimum absolute atomic E-state index is 0.0751. The molecule has 0 bridgehead atoms. The third-order valence-electron chi connectivity index (χ3n) is 2.95. The van der Waals surface area contributed by atoms with E-state index in [1.807, 2.05) is 25.1 Å². The number of ether oxygens (including phenoxy) is 2. The van der Waals surface area contributed by atoms with Crippen molar-refractivity contribution in [3.8, 4) is 0 Å². The van der Waals surface area contributed by atoms with Crippen LogP contribution in [0.4, 0.5) is 0 Å². The number of hydrogen-bond donors (Lipinski definition) is 1. The number of benzene rings is 1. The highest BCUT2D eigenvalue weighted by Gasteiger charge is 2.20. The average molecular weight is 266 g/mol. The Bertz CT molecular complexity index is 324. The lowest BCUT2D eigenvalue weighted by Gasteiger charge is -2.25. The summed E-state index contributed by atoms with van der Waals surface area (Å²) in [5.41, 5.74) is 1.12. The van der Waals surface area contributed by atoms with Crippen LogP contribution in [0.25, 0.3) is 0 Å². The van der Waals surface area contributed by atoms with Gasteiger partial charge in [0.25, 0.3) is 0 Å². The van der Waals surface area contributed by atoms with Crippen molar-refractivity contribution in [3.05, 3.63) is 35.9 Å². The van der Waals surface area contributed by atoms with Crippen molar-refractivity contribution in [1.29, 1.82) is 0 Å². The molecular formula is C16H26O3. The number of hydrogen-bond acceptors (Lipinski definition) is 3. The summed E-state index contributed by atoms with van der Waals surface area (Å²) in [6.45, 7) is 6.93. The zero-order chi connectivity index (χ0) is 14.1. The molecule has 0 radical (unpaired) electrons. The first-order valence-electron chi connectivity index (χ1n) is 7.11. The first-order chi connectivity index (χ1) is 9.15. The molecule has 3 heteroatoms. The van der Waals surface area contributed by atoms with Crippen LogP contribution in [0.2, 0.25) is 0 Å². The second-order valence-electron chi connectivity index (χ2n) is 4.94. The molecule has 19 heavy (non-hydrogen) atoms. The van der Waals surface area contributed by atoms with E-state index in [0.717, 1.165) is 25.0 Å². The second-order valence-corrected chi connectivity index (χ2v) is 4.94. The molecule has 0 aliphatic heterocycles. The second kappa shape index (κ2) is 9.08. The normalized spacial score (nSPS) is 16.0. The van der Waals surface area contributed by atoms with Crippen LogP contribution in [0.5, 0.6) is 0 Å². The van der Waals surface area contributed by atoms with Crippen LogP contribution in [0, 0.1) is 0 Å². The van der Waals surface area contributed by atoms with E-state index in [9.17, 15) is 5.11 Å². The summed E-state index contributed by atoms with van der Waals surface area (Å²) in [5, 5.41) is 9.30. The SMILES string of the molecule is CCCCOC(c1ccccc1)C(C)OCC(C)O. The van der Waals surface area contributed by atoms with Crippen molar-refractivity contribution in [1.82, 2.24) is 0 Å². The van der Waals surface area contributed by atoms with Crippen LogP contribution in [-0.4, -0.2) is 30.5 Å². The number of unbranched alkanes of at least 4 members (excludes halogenated alkanes) is 1. The van der Waals surface area contributed by atoms with Crippen LogP contribution in [0.15, 0.2) is 30.3 Å². The van der Waals surface area contributed by atoms with Gasteiger partial charge in [-0.15, -0.1) is 0 Å². The maximum atomic E-state index is 9.30. The van der Waals surface area contributed by atoms with Gasteiger partial charge >= 0.3 is 0 Å². The van der Waals surface area contributed by atoms with Crippen LogP contribution in [-0.2, 0) is 9.47 Å². The third kappa shape index (κ3) is 6.19. The van der Waals surface area contributed by atoms with Gasteiger partial charge in [-0.05, 0) is 25.8 Å². The largest absolute Gasteiger partial charge is 0.391 e. The molecule has 3 nitrogen and oxygen atoms in total. The first-order valence-corrected chi connectivity index (χ1v) is 7.11. The van der Waals surface area contributed by atoms with Gasteiger partial charge in [-0.1, -0.05) is 43.7 Å². The van der Waals surface area contributed by atoms with Gasteiger partial charge in [0.2, 0.25) is 0 Å². The predicted octanol–water partition coefficient (Wildman–Crippen LogP) is 3.33. The Balaban J connectivity index is 2.63. The van der Waals surface area contributed by atoms with E-state index in [2.05, 4.69) is 19.1 Å². The van der Waals surface area contributed by atoms with E-state index in [1.165, 1.54) is 0 Å². The standard InChI is InChI=1S/C16H26O3/c1-4-5-11-18-16(14(3)19-12-13(2)17)15-9-7-6-8-10-15/h6-10,13-14,16-17H,4-5,11-12H2,1-3H3. The zero-order valence-corrected chi connectivity index (χ0v) is 12.2. The van der Waals surface area contributed by atoms with E-state index in [1.54, 1.807) is 6.92 Å². The maximum Gasteiger partial charge on any atom is 0.108 e. The Morgan fingerprint density at radius 3 is 2.37 bits per heavy atom. The summed E-state index contributed by atoms with van der Waals surface area (Å²) in [6.07, 6.45) is 1.56. The van der Waals surface area contributed by atoms with Crippen LogP contribution >= 0.6 is 0 Å². The summed E-state index contributed by atoms with van der Waals surface area (Å²) >= 11 is 0. The minimum atomic E-state index is -0.450. The van der Waals surface area contributed by atoms with Crippen molar-refractivity contribution in [2.24, 2.45) is 0 Å². The molecule has 0 aliphatic carbocycles. The fraction of sp³-hybridized carbons (Fsp3) is 0.625. The van der Waals surface area contributed by atoms with E-state index in [4.69, 9.17) is 9.47 Å². The lowest BCUT2D eigenvalue weighted by molar-refractivity contribution is -0.0845. The van der Waals surface area contributed by atoms with Gasteiger partial charge in [-0.25, -0.2) is 0 Å². The van der Waals surface area contributed by atoms with Crippen molar-refractivity contribution in [2.75, 3.05) is 13.2 Å². The smallest absolute Gasteiger partial charge is 0.108 e. The zero-order valence-electron chi connectivity index (χ0n) is 12.2. The van der Waals surface area contributed by atoms with E-state index in [0.29, 0.717) is 6.61 Å². The molecule has 0 aromatic heterocycles. The Morgan fingerprint density at radius 2 is 1.79 bits per heavy atom. The molecular weight excluding hydrogens is 240 g/mol. The predicted molar refractivity (Wildman–Crippen MR) is 77.1 cm³/mol. The number of aliphatic hydroxyl groups excluding tert-OH is 1. The van der Waals surface area contributed by atoms with Gasteiger partial charge in [0.05, 0.1) is 18.8 Å². The highest BCUT2D eigenvalue weighted by Crippen LogP contribution is 2.23. The topological polar surface area (TPSA) is 38.7 Å². The number of aliphatic hydroxyl groups is 1. The Labute approximate surface area is 116 Å². The molecule has 0 saturated carbocycles. The summed E-state index contributed by atoms with van der Waals surface area (Å²) in [7, 11) is 0. The molecule has 0 amide bonds. The lowest BCUT2D eigenvalue weighted by Crippen LogP contribution is -2.25. The third-order valence-corrected chi connectivity index (χ3v) is 2.95.